The molecule has 12 heteroatoms. The first kappa shape index (κ1) is 41.1. The van der Waals surface area contributed by atoms with Crippen LogP contribution in [0.25, 0.3) is 0 Å². The van der Waals surface area contributed by atoms with Gasteiger partial charge in [-0.1, -0.05) is 109 Å². The topological polar surface area (TPSA) is 0 Å². The SMILES string of the molecule is C[P+](c1ccccc1)(c1ccccc1)c1ccccc1.C[P+](c1ccccc1)(c1ccccc1)c1ccccc1.[F][Mn-]([F])([F])[F].[F][Mn-]([F])([F])[F]. The third-order valence-corrected chi connectivity index (χ3v) is 15.6. The molecule has 0 radical (unpaired) electrons. The Labute approximate surface area is 298 Å². The molecule has 0 atom stereocenters. The van der Waals surface area contributed by atoms with E-state index in [1.54, 1.807) is 0 Å². The summed E-state index contributed by atoms with van der Waals surface area (Å²) in [5, 5.41) is 8.57. The summed E-state index contributed by atoms with van der Waals surface area (Å²) in [6, 6.07) is 65.3. The van der Waals surface area contributed by atoms with Crippen molar-refractivity contribution in [1.82, 2.24) is 0 Å². The van der Waals surface area contributed by atoms with E-state index in [-0.39, 0.29) is 0 Å². The van der Waals surface area contributed by atoms with Gasteiger partial charge in [0.05, 0.1) is 13.3 Å². The van der Waals surface area contributed by atoms with Crippen molar-refractivity contribution >= 4 is 46.4 Å². The van der Waals surface area contributed by atoms with Crippen LogP contribution in [0.4, 0.5) is 28.4 Å². The maximum absolute atomic E-state index is 9.83. The average molecular weight is 817 g/mol. The summed E-state index contributed by atoms with van der Waals surface area (Å²) in [7, 11) is -3.05. The number of halogens is 8. The molecule has 0 unspecified atom stereocenters. The second-order valence-corrected chi connectivity index (χ2v) is 19.8. The molecular weight excluding hydrogens is 780 g/mol. The van der Waals surface area contributed by atoms with Crippen LogP contribution in [0.15, 0.2) is 182 Å². The van der Waals surface area contributed by atoms with Crippen LogP contribution in [0.1, 0.15) is 0 Å². The zero-order valence-corrected chi connectivity index (χ0v) is 31.1. The van der Waals surface area contributed by atoms with Crippen molar-refractivity contribution < 1.29 is 57.7 Å². The fourth-order valence-corrected chi connectivity index (χ4v) is 11.7. The molecule has 6 aromatic rings. The molecule has 0 aliphatic carbocycles. The molecule has 268 valence electrons. The van der Waals surface area contributed by atoms with Crippen molar-refractivity contribution in [3.05, 3.63) is 182 Å². The van der Waals surface area contributed by atoms with Crippen molar-refractivity contribution in [2.75, 3.05) is 13.3 Å². The van der Waals surface area contributed by atoms with Gasteiger partial charge in [-0.2, -0.15) is 0 Å². The van der Waals surface area contributed by atoms with E-state index in [2.05, 4.69) is 195 Å². The van der Waals surface area contributed by atoms with Crippen molar-refractivity contribution in [3.8, 4) is 0 Å². The summed E-state index contributed by atoms with van der Waals surface area (Å²) in [5.41, 5.74) is 0. The van der Waals surface area contributed by atoms with E-state index in [1.165, 1.54) is 31.8 Å². The molecule has 0 saturated heterocycles. The molecule has 0 bridgehead atoms. The molecule has 0 aliphatic heterocycles. The Bertz CT molecular complexity index is 1450. The quantitative estimate of drug-likeness (QED) is 0.0893. The minimum atomic E-state index is -6.62. The van der Waals surface area contributed by atoms with Crippen LogP contribution in [0.5, 0.6) is 0 Å². The Kier molecular flexibility index (Phi) is 15.9. The second-order valence-electron chi connectivity index (χ2n) is 10.7. The molecule has 6 rings (SSSR count). The summed E-state index contributed by atoms with van der Waals surface area (Å²) in [6.07, 6.45) is 0. The first-order valence-corrected chi connectivity index (χ1v) is 22.9. The Hall–Kier alpha value is -3.34. The summed E-state index contributed by atoms with van der Waals surface area (Å²) in [4.78, 5) is 0. The Morgan fingerprint density at radius 2 is 0.360 bits per heavy atom. The first-order valence-electron chi connectivity index (χ1n) is 14.8. The molecule has 0 heterocycles. The average Bonchev–Trinajstić information content (AvgIpc) is 3.12. The maximum atomic E-state index is 9.83. The fourth-order valence-electron chi connectivity index (χ4n) is 5.25. The minimum absolute atomic E-state index is 1.43. The van der Waals surface area contributed by atoms with E-state index < -0.39 is 43.8 Å². The predicted molar refractivity (Wildman–Crippen MR) is 191 cm³/mol. The van der Waals surface area contributed by atoms with Gasteiger partial charge in [0, 0.05) is 0 Å². The summed E-state index contributed by atoms with van der Waals surface area (Å²) < 4.78 is 78.6. The summed E-state index contributed by atoms with van der Waals surface area (Å²) >= 11 is -13.2. The van der Waals surface area contributed by atoms with Crippen molar-refractivity contribution in [1.29, 1.82) is 0 Å². The van der Waals surface area contributed by atoms with Gasteiger partial charge in [0.15, 0.2) is 0 Å². The fraction of sp³-hybridized carbons (Fsp3) is 0.0526. The molecular formula is C38H36F8Mn2P2. The summed E-state index contributed by atoms with van der Waals surface area (Å²) in [5.74, 6) is 0. The molecule has 0 fully saturated rings. The van der Waals surface area contributed by atoms with Gasteiger partial charge in [0.25, 0.3) is 0 Å². The van der Waals surface area contributed by atoms with Crippen molar-refractivity contribution in [2.45, 2.75) is 0 Å². The first-order chi connectivity index (χ1) is 23.6. The predicted octanol–water partition coefficient (Wildman–Crippen LogP) is 10.6. The number of rotatable bonds is 6. The van der Waals surface area contributed by atoms with Gasteiger partial charge in [0.2, 0.25) is 0 Å². The van der Waals surface area contributed by atoms with Crippen LogP contribution < -0.4 is 31.8 Å². The number of hydrogen-bond acceptors (Lipinski definition) is 0. The Morgan fingerprint density at radius 1 is 0.260 bits per heavy atom. The van der Waals surface area contributed by atoms with Gasteiger partial charge in [-0.05, 0) is 72.8 Å². The standard InChI is InChI=1S/2C19H18P.8FH.2Mn/c2*1-20(17-11-5-2-6-12-17,18-13-7-3-8-14-18)19-15-9-4-10-16-19;;;;;;;;;;/h2*2-16H,1H3;8*1H;;/q2*+1;;;;;;;;;2*+3/p-8. The van der Waals surface area contributed by atoms with Gasteiger partial charge in [-0.15, -0.1) is 0 Å². The molecule has 0 aliphatic rings. The van der Waals surface area contributed by atoms with Crippen LogP contribution in [0, 0.1) is 0 Å². The van der Waals surface area contributed by atoms with Crippen LogP contribution in [-0.4, -0.2) is 13.3 Å². The van der Waals surface area contributed by atoms with E-state index in [0.29, 0.717) is 0 Å². The molecule has 6 aromatic carbocycles. The molecule has 0 N–H and O–H groups in total. The van der Waals surface area contributed by atoms with E-state index in [9.17, 15) is 28.4 Å². The molecule has 0 spiro atoms. The number of benzene rings is 6. The van der Waals surface area contributed by atoms with Crippen molar-refractivity contribution in [2.24, 2.45) is 0 Å². The molecule has 0 amide bonds. The summed E-state index contributed by atoms with van der Waals surface area (Å²) in [6.45, 7) is 4.82. The Balaban J connectivity index is 0.000000214. The van der Waals surface area contributed by atoms with E-state index in [1.807, 2.05) is 0 Å². The Morgan fingerprint density at radius 3 is 0.460 bits per heavy atom. The van der Waals surface area contributed by atoms with Gasteiger partial charge < -0.3 is 0 Å². The van der Waals surface area contributed by atoms with E-state index in [0.717, 1.165) is 0 Å². The molecule has 0 aromatic heterocycles. The molecule has 0 saturated carbocycles. The van der Waals surface area contributed by atoms with Crippen molar-refractivity contribution in [3.63, 3.8) is 0 Å². The van der Waals surface area contributed by atoms with Crippen LogP contribution in [0.2, 0.25) is 0 Å². The van der Waals surface area contributed by atoms with Gasteiger partial charge in [-0.3, -0.25) is 0 Å². The van der Waals surface area contributed by atoms with E-state index in [4.69, 9.17) is 0 Å². The van der Waals surface area contributed by atoms with Crippen LogP contribution in [0.3, 0.4) is 0 Å². The van der Waals surface area contributed by atoms with Gasteiger partial charge >= 0.3 is 57.7 Å². The van der Waals surface area contributed by atoms with Crippen LogP contribution in [-0.2, 0) is 29.3 Å². The van der Waals surface area contributed by atoms with Gasteiger partial charge in [0.1, 0.15) is 46.4 Å². The van der Waals surface area contributed by atoms with E-state index >= 15 is 0 Å². The zero-order valence-electron chi connectivity index (χ0n) is 27.0. The third kappa shape index (κ3) is 13.1. The molecule has 0 nitrogen and oxygen atoms in total. The van der Waals surface area contributed by atoms with Crippen LogP contribution >= 0.6 is 14.5 Å². The molecule has 50 heavy (non-hydrogen) atoms. The normalized spacial score (nSPS) is 12.0. The second kappa shape index (κ2) is 19.3. The monoisotopic (exact) mass is 816 g/mol. The third-order valence-electron chi connectivity index (χ3n) is 7.64. The zero-order chi connectivity index (χ0) is 36.7. The van der Waals surface area contributed by atoms with Gasteiger partial charge in [-0.25, -0.2) is 0 Å². The number of hydrogen-bond donors (Lipinski definition) is 0.